The predicted molar refractivity (Wildman–Crippen MR) is 93.2 cm³/mol. The second-order valence-electron chi connectivity index (χ2n) is 6.68. The van der Waals surface area contributed by atoms with Crippen molar-refractivity contribution in [2.75, 3.05) is 11.3 Å². The standard InChI is InChI=1S/C15H20N6S2/c1-7-4-5-10-9(6-7)11-12-16-8(2)19-21(12)14-17-18-15(22-3)20(14)13(11)23-10/h7-8,12,16,19H,4-6H2,1-3H3/t7-,8?,12?/m1/s1. The first kappa shape index (κ1) is 14.3. The topological polar surface area (TPSA) is 58.0 Å². The molecule has 3 aliphatic rings. The van der Waals surface area contributed by atoms with Crippen molar-refractivity contribution in [2.24, 2.45) is 5.92 Å². The van der Waals surface area contributed by atoms with Crippen LogP contribution in [0.4, 0.5) is 5.95 Å². The summed E-state index contributed by atoms with van der Waals surface area (Å²) in [6.45, 7) is 4.52. The van der Waals surface area contributed by atoms with Gasteiger partial charge in [-0.3, -0.25) is 10.3 Å². The highest BCUT2D eigenvalue weighted by molar-refractivity contribution is 7.98. The van der Waals surface area contributed by atoms with Gasteiger partial charge in [-0.05, 0) is 43.9 Å². The van der Waals surface area contributed by atoms with Crippen LogP contribution in [0.5, 0.6) is 0 Å². The number of aryl methyl sites for hydroxylation is 1. The maximum Gasteiger partial charge on any atom is 0.249 e. The third kappa shape index (κ3) is 1.89. The van der Waals surface area contributed by atoms with Gasteiger partial charge in [-0.25, -0.2) is 9.99 Å². The van der Waals surface area contributed by atoms with E-state index in [-0.39, 0.29) is 12.3 Å². The van der Waals surface area contributed by atoms with Crippen LogP contribution in [0.3, 0.4) is 0 Å². The summed E-state index contributed by atoms with van der Waals surface area (Å²) in [4.78, 5) is 1.56. The monoisotopic (exact) mass is 348 g/mol. The summed E-state index contributed by atoms with van der Waals surface area (Å²) < 4.78 is 2.23. The van der Waals surface area contributed by atoms with Crippen molar-refractivity contribution in [3.05, 3.63) is 16.0 Å². The number of anilines is 1. The number of aromatic nitrogens is 3. The van der Waals surface area contributed by atoms with E-state index in [2.05, 4.69) is 50.6 Å². The number of nitrogens with one attached hydrogen (secondary N) is 2. The molecule has 0 radical (unpaired) electrons. The molecular weight excluding hydrogens is 328 g/mol. The van der Waals surface area contributed by atoms with Gasteiger partial charge >= 0.3 is 0 Å². The molecule has 3 atom stereocenters. The molecule has 0 aromatic carbocycles. The molecule has 1 saturated heterocycles. The van der Waals surface area contributed by atoms with E-state index in [9.17, 15) is 0 Å². The smallest absolute Gasteiger partial charge is 0.249 e. The van der Waals surface area contributed by atoms with Gasteiger partial charge in [0.15, 0.2) is 5.16 Å². The SMILES string of the molecule is CSc1nnc2n1-c1sc3c(c1C1NC(C)NN21)C[C@H](C)CC3. The first-order valence-corrected chi connectivity index (χ1v) is 10.2. The normalized spacial score (nSPS) is 28.3. The van der Waals surface area contributed by atoms with Crippen LogP contribution >= 0.6 is 23.1 Å². The third-order valence-electron chi connectivity index (χ3n) is 5.02. The van der Waals surface area contributed by atoms with Gasteiger partial charge in [0.25, 0.3) is 0 Å². The molecule has 1 aliphatic carbocycles. The molecule has 5 rings (SSSR count). The van der Waals surface area contributed by atoms with Crippen molar-refractivity contribution < 1.29 is 0 Å². The largest absolute Gasteiger partial charge is 0.276 e. The van der Waals surface area contributed by atoms with Gasteiger partial charge in [-0.1, -0.05) is 18.7 Å². The van der Waals surface area contributed by atoms with Crippen molar-refractivity contribution in [1.29, 1.82) is 0 Å². The number of hydrogen-bond acceptors (Lipinski definition) is 7. The van der Waals surface area contributed by atoms with Crippen LogP contribution < -0.4 is 15.8 Å². The molecule has 0 amide bonds. The zero-order chi connectivity index (χ0) is 15.7. The van der Waals surface area contributed by atoms with Crippen LogP contribution in [0.2, 0.25) is 0 Å². The summed E-state index contributed by atoms with van der Waals surface area (Å²) >= 11 is 3.60. The number of fused-ring (bicyclic) bond motifs is 8. The van der Waals surface area contributed by atoms with Crippen molar-refractivity contribution >= 4 is 29.0 Å². The summed E-state index contributed by atoms with van der Waals surface area (Å²) in [6, 6.07) is 0. The number of hydrazine groups is 1. The van der Waals surface area contributed by atoms with Gasteiger partial charge in [-0.2, -0.15) is 0 Å². The van der Waals surface area contributed by atoms with Crippen molar-refractivity contribution in [2.45, 2.75) is 50.6 Å². The molecule has 0 spiro atoms. The lowest BCUT2D eigenvalue weighted by Gasteiger charge is -2.31. The maximum atomic E-state index is 4.45. The fourth-order valence-electron chi connectivity index (χ4n) is 3.96. The van der Waals surface area contributed by atoms with E-state index < -0.39 is 0 Å². The van der Waals surface area contributed by atoms with Crippen LogP contribution in [-0.4, -0.2) is 27.2 Å². The highest BCUT2D eigenvalue weighted by atomic mass is 32.2. The van der Waals surface area contributed by atoms with E-state index in [0.717, 1.165) is 17.0 Å². The molecule has 23 heavy (non-hydrogen) atoms. The molecule has 2 N–H and O–H groups in total. The Morgan fingerprint density at radius 1 is 1.30 bits per heavy atom. The molecule has 122 valence electrons. The average molecular weight is 349 g/mol. The molecular formula is C15H20N6S2. The first-order chi connectivity index (χ1) is 11.2. The molecule has 4 heterocycles. The molecule has 0 bridgehead atoms. The fraction of sp³-hybridized carbons (Fsp3) is 0.600. The lowest BCUT2D eigenvalue weighted by Crippen LogP contribution is -2.40. The lowest BCUT2D eigenvalue weighted by molar-refractivity contribution is 0.493. The molecule has 6 nitrogen and oxygen atoms in total. The quantitative estimate of drug-likeness (QED) is 0.772. The summed E-state index contributed by atoms with van der Waals surface area (Å²) in [5.74, 6) is 1.67. The molecule has 2 aromatic rings. The molecule has 2 aromatic heterocycles. The predicted octanol–water partition coefficient (Wildman–Crippen LogP) is 2.45. The Bertz CT molecular complexity index is 781. The number of thiophene rings is 1. The zero-order valence-corrected chi connectivity index (χ0v) is 15.1. The second kappa shape index (κ2) is 4.95. The number of thioether (sulfide) groups is 1. The van der Waals surface area contributed by atoms with E-state index in [0.29, 0.717) is 0 Å². The van der Waals surface area contributed by atoms with Crippen LogP contribution in [0.15, 0.2) is 5.16 Å². The van der Waals surface area contributed by atoms with Gasteiger partial charge in [0.1, 0.15) is 11.2 Å². The average Bonchev–Trinajstić information content (AvgIpc) is 3.19. The van der Waals surface area contributed by atoms with Gasteiger partial charge in [0, 0.05) is 10.4 Å². The summed E-state index contributed by atoms with van der Waals surface area (Å²) in [6.07, 6.45) is 6.15. The van der Waals surface area contributed by atoms with Gasteiger partial charge in [0.05, 0.1) is 6.17 Å². The summed E-state index contributed by atoms with van der Waals surface area (Å²) in [5, 5.41) is 16.9. The highest BCUT2D eigenvalue weighted by Gasteiger charge is 2.43. The maximum absolute atomic E-state index is 4.45. The Morgan fingerprint density at radius 2 is 2.17 bits per heavy atom. The highest BCUT2D eigenvalue weighted by Crippen LogP contribution is 2.48. The van der Waals surface area contributed by atoms with Crippen LogP contribution in [0.25, 0.3) is 5.00 Å². The molecule has 1 fully saturated rings. The van der Waals surface area contributed by atoms with Gasteiger partial charge < -0.3 is 0 Å². The van der Waals surface area contributed by atoms with E-state index >= 15 is 0 Å². The molecule has 2 unspecified atom stereocenters. The minimum atomic E-state index is 0.164. The molecule has 0 saturated carbocycles. The second-order valence-corrected chi connectivity index (χ2v) is 8.54. The van der Waals surface area contributed by atoms with E-state index in [4.69, 9.17) is 0 Å². The van der Waals surface area contributed by atoms with E-state index in [1.165, 1.54) is 29.8 Å². The summed E-state index contributed by atoms with van der Waals surface area (Å²) in [7, 11) is 0. The van der Waals surface area contributed by atoms with Crippen LogP contribution in [0.1, 0.15) is 42.4 Å². The third-order valence-corrected chi connectivity index (χ3v) is 6.94. The lowest BCUT2D eigenvalue weighted by atomic mass is 9.87. The van der Waals surface area contributed by atoms with Crippen molar-refractivity contribution in [3.8, 4) is 5.00 Å². The Balaban J connectivity index is 1.77. The number of nitrogens with zero attached hydrogens (tertiary/aromatic N) is 4. The van der Waals surface area contributed by atoms with Crippen LogP contribution in [-0.2, 0) is 12.8 Å². The fourth-order valence-corrected chi connectivity index (χ4v) is 5.87. The minimum absolute atomic E-state index is 0.164. The van der Waals surface area contributed by atoms with E-state index in [1.807, 2.05) is 11.3 Å². The summed E-state index contributed by atoms with van der Waals surface area (Å²) in [5.41, 5.74) is 6.50. The van der Waals surface area contributed by atoms with Crippen LogP contribution in [0, 0.1) is 5.92 Å². The Labute approximate surface area is 143 Å². The van der Waals surface area contributed by atoms with Crippen molar-refractivity contribution in [1.82, 2.24) is 25.5 Å². The Morgan fingerprint density at radius 3 is 3.00 bits per heavy atom. The Kier molecular flexibility index (Phi) is 3.07. The molecule has 8 heteroatoms. The zero-order valence-electron chi connectivity index (χ0n) is 13.5. The van der Waals surface area contributed by atoms with Gasteiger partial charge in [0.2, 0.25) is 5.95 Å². The molecule has 2 aliphatic heterocycles. The van der Waals surface area contributed by atoms with Crippen molar-refractivity contribution in [3.63, 3.8) is 0 Å². The number of hydrogen-bond donors (Lipinski definition) is 2. The first-order valence-electron chi connectivity index (χ1n) is 8.13. The van der Waals surface area contributed by atoms with E-state index in [1.54, 1.807) is 22.2 Å². The van der Waals surface area contributed by atoms with Gasteiger partial charge in [-0.15, -0.1) is 21.5 Å². The Hall–Kier alpha value is -1.09. The minimum Gasteiger partial charge on any atom is -0.276 e. The number of rotatable bonds is 1.